The van der Waals surface area contributed by atoms with Crippen molar-refractivity contribution in [1.29, 1.82) is 0 Å². The lowest BCUT2D eigenvalue weighted by molar-refractivity contribution is 0.0338. The van der Waals surface area contributed by atoms with Crippen molar-refractivity contribution in [3.8, 4) is 0 Å². The van der Waals surface area contributed by atoms with Gasteiger partial charge in [0, 0.05) is 38.3 Å². The van der Waals surface area contributed by atoms with E-state index in [1.165, 1.54) is 26.1 Å². The Hall–Kier alpha value is -0.120. The summed E-state index contributed by atoms with van der Waals surface area (Å²) >= 11 is 0. The monoisotopic (exact) mass is 255 g/mol. The first-order valence-electron chi connectivity index (χ1n) is 7.57. The first kappa shape index (κ1) is 15.9. The van der Waals surface area contributed by atoms with Crippen molar-refractivity contribution >= 4 is 0 Å². The summed E-state index contributed by atoms with van der Waals surface area (Å²) < 4.78 is 0. The predicted molar refractivity (Wildman–Crippen MR) is 80.1 cm³/mol. The van der Waals surface area contributed by atoms with Crippen LogP contribution in [0.15, 0.2) is 0 Å². The van der Waals surface area contributed by atoms with E-state index in [1.807, 2.05) is 0 Å². The van der Waals surface area contributed by atoms with Gasteiger partial charge in [0.05, 0.1) is 0 Å². The van der Waals surface area contributed by atoms with Crippen LogP contribution in [-0.2, 0) is 0 Å². The molecule has 0 aromatic carbocycles. The molecule has 3 atom stereocenters. The summed E-state index contributed by atoms with van der Waals surface area (Å²) in [6, 6.07) is 1.35. The van der Waals surface area contributed by atoms with E-state index in [-0.39, 0.29) is 0 Å². The molecule has 0 radical (unpaired) electrons. The highest BCUT2D eigenvalue weighted by Gasteiger charge is 2.31. The van der Waals surface area contributed by atoms with Crippen molar-refractivity contribution in [3.05, 3.63) is 0 Å². The molecule has 18 heavy (non-hydrogen) atoms. The molecule has 1 aliphatic rings. The third-order valence-electron chi connectivity index (χ3n) is 4.70. The molecule has 3 unspecified atom stereocenters. The maximum atomic E-state index is 3.52. The smallest absolute Gasteiger partial charge is 0.0195 e. The molecule has 1 fully saturated rings. The van der Waals surface area contributed by atoms with Crippen LogP contribution in [-0.4, -0.2) is 61.7 Å². The maximum Gasteiger partial charge on any atom is 0.0195 e. The molecule has 1 rings (SSSR count). The average molecular weight is 255 g/mol. The summed E-state index contributed by atoms with van der Waals surface area (Å²) in [5.41, 5.74) is 0.408. The van der Waals surface area contributed by atoms with Crippen molar-refractivity contribution in [3.63, 3.8) is 0 Å². The van der Waals surface area contributed by atoms with E-state index in [2.05, 4.69) is 56.8 Å². The van der Waals surface area contributed by atoms with Gasteiger partial charge in [0.2, 0.25) is 0 Å². The van der Waals surface area contributed by atoms with Crippen molar-refractivity contribution in [2.75, 3.05) is 39.8 Å². The molecule has 1 aliphatic heterocycles. The average Bonchev–Trinajstić information content (AvgIpc) is 2.33. The van der Waals surface area contributed by atoms with Gasteiger partial charge in [-0.3, -0.25) is 9.80 Å². The van der Waals surface area contributed by atoms with E-state index < -0.39 is 0 Å². The topological polar surface area (TPSA) is 18.5 Å². The number of nitrogens with zero attached hydrogens (tertiary/aromatic N) is 2. The van der Waals surface area contributed by atoms with Gasteiger partial charge in [-0.2, -0.15) is 0 Å². The van der Waals surface area contributed by atoms with Gasteiger partial charge in [0.1, 0.15) is 0 Å². The summed E-state index contributed by atoms with van der Waals surface area (Å²) in [5, 5.41) is 3.52. The highest BCUT2D eigenvalue weighted by Crippen LogP contribution is 2.24. The van der Waals surface area contributed by atoms with Crippen LogP contribution >= 0.6 is 0 Å². The van der Waals surface area contributed by atoms with E-state index in [0.29, 0.717) is 17.5 Å². The first-order chi connectivity index (χ1) is 8.41. The number of rotatable bonds is 6. The van der Waals surface area contributed by atoms with Gasteiger partial charge in [0.25, 0.3) is 0 Å². The van der Waals surface area contributed by atoms with Crippen LogP contribution in [0.1, 0.15) is 41.0 Å². The second kappa shape index (κ2) is 6.88. The normalized spacial score (nSPS) is 30.3. The third-order valence-corrected chi connectivity index (χ3v) is 4.70. The highest BCUT2D eigenvalue weighted by atomic mass is 15.3. The number of likely N-dealkylation sites (N-methyl/N-ethyl adjacent to an activating group) is 1. The summed E-state index contributed by atoms with van der Waals surface area (Å²) in [6.07, 6.45) is 1.25. The number of piperazine rings is 1. The highest BCUT2D eigenvalue weighted by molar-refractivity contribution is 4.87. The van der Waals surface area contributed by atoms with Gasteiger partial charge in [0.15, 0.2) is 0 Å². The Kier molecular flexibility index (Phi) is 6.09. The molecule has 1 saturated heterocycles. The van der Waals surface area contributed by atoms with Crippen molar-refractivity contribution in [1.82, 2.24) is 15.1 Å². The Morgan fingerprint density at radius 2 is 1.72 bits per heavy atom. The van der Waals surface area contributed by atoms with Crippen molar-refractivity contribution in [2.45, 2.75) is 53.1 Å². The van der Waals surface area contributed by atoms with E-state index >= 15 is 0 Å². The lowest BCUT2D eigenvalue weighted by Crippen LogP contribution is -2.57. The fourth-order valence-electron chi connectivity index (χ4n) is 2.90. The summed E-state index contributed by atoms with van der Waals surface area (Å²) in [6.45, 7) is 17.5. The molecule has 1 heterocycles. The predicted octanol–water partition coefficient (Wildman–Crippen LogP) is 2.04. The van der Waals surface area contributed by atoms with Gasteiger partial charge in [-0.25, -0.2) is 0 Å². The molecule has 108 valence electrons. The van der Waals surface area contributed by atoms with E-state index in [9.17, 15) is 0 Å². The number of hydrogen-bond donors (Lipinski definition) is 1. The third kappa shape index (κ3) is 4.22. The molecule has 1 N–H and O–H groups in total. The van der Waals surface area contributed by atoms with Crippen LogP contribution < -0.4 is 5.32 Å². The SMILES string of the molecule is CCNCC(C)(CC)CN1CC(C)N(C)C(C)C1. The van der Waals surface area contributed by atoms with Crippen LogP contribution in [0, 0.1) is 5.41 Å². The van der Waals surface area contributed by atoms with Crippen LogP contribution in [0.25, 0.3) is 0 Å². The molecule has 0 spiro atoms. The summed E-state index contributed by atoms with van der Waals surface area (Å²) in [5.74, 6) is 0. The second-order valence-electron chi connectivity index (χ2n) is 6.50. The second-order valence-corrected chi connectivity index (χ2v) is 6.50. The van der Waals surface area contributed by atoms with Gasteiger partial charge >= 0.3 is 0 Å². The minimum Gasteiger partial charge on any atom is -0.316 e. The zero-order valence-corrected chi connectivity index (χ0v) is 13.3. The largest absolute Gasteiger partial charge is 0.316 e. The lowest BCUT2D eigenvalue weighted by Gasteiger charge is -2.45. The van der Waals surface area contributed by atoms with Crippen molar-refractivity contribution < 1.29 is 0 Å². The fourth-order valence-corrected chi connectivity index (χ4v) is 2.90. The summed E-state index contributed by atoms with van der Waals surface area (Å²) in [4.78, 5) is 5.17. The molecule has 0 bridgehead atoms. The molecule has 3 nitrogen and oxygen atoms in total. The minimum absolute atomic E-state index is 0.408. The van der Waals surface area contributed by atoms with E-state index in [4.69, 9.17) is 0 Å². The van der Waals surface area contributed by atoms with E-state index in [1.54, 1.807) is 0 Å². The summed E-state index contributed by atoms with van der Waals surface area (Å²) in [7, 11) is 2.25. The maximum absolute atomic E-state index is 3.52. The van der Waals surface area contributed by atoms with Gasteiger partial charge in [-0.15, -0.1) is 0 Å². The molecule has 0 aliphatic carbocycles. The molecule has 0 aromatic heterocycles. The number of nitrogens with one attached hydrogen (secondary N) is 1. The molecule has 0 saturated carbocycles. The quantitative estimate of drug-likeness (QED) is 0.783. The first-order valence-corrected chi connectivity index (χ1v) is 7.57. The van der Waals surface area contributed by atoms with Crippen LogP contribution in [0.4, 0.5) is 0 Å². The fraction of sp³-hybridized carbons (Fsp3) is 1.00. The molecular weight excluding hydrogens is 222 g/mol. The standard InChI is InChI=1S/C15H33N3/c1-7-15(5,11-16-8-2)12-18-9-13(3)17(6)14(4)10-18/h13-14,16H,7-12H2,1-6H3. The number of hydrogen-bond acceptors (Lipinski definition) is 3. The zero-order chi connectivity index (χ0) is 13.8. The van der Waals surface area contributed by atoms with Crippen LogP contribution in [0.5, 0.6) is 0 Å². The zero-order valence-electron chi connectivity index (χ0n) is 13.3. The molecule has 0 amide bonds. The van der Waals surface area contributed by atoms with Gasteiger partial charge in [-0.1, -0.05) is 20.8 Å². The van der Waals surface area contributed by atoms with Crippen LogP contribution in [0.3, 0.4) is 0 Å². The van der Waals surface area contributed by atoms with Crippen LogP contribution in [0.2, 0.25) is 0 Å². The molecule has 0 aromatic rings. The van der Waals surface area contributed by atoms with E-state index in [0.717, 1.165) is 13.1 Å². The Bertz CT molecular complexity index is 232. The Labute approximate surface area is 114 Å². The Balaban J connectivity index is 2.54. The van der Waals surface area contributed by atoms with Crippen molar-refractivity contribution in [2.24, 2.45) is 5.41 Å². The van der Waals surface area contributed by atoms with Gasteiger partial charge < -0.3 is 5.32 Å². The Morgan fingerprint density at radius 3 is 2.17 bits per heavy atom. The Morgan fingerprint density at radius 1 is 1.17 bits per heavy atom. The van der Waals surface area contributed by atoms with Gasteiger partial charge in [-0.05, 0) is 39.3 Å². The minimum atomic E-state index is 0.408. The lowest BCUT2D eigenvalue weighted by atomic mass is 9.86. The molecule has 3 heteroatoms. The molecular formula is C15H33N3.